The summed E-state index contributed by atoms with van der Waals surface area (Å²) in [5.74, 6) is 5.35. The summed E-state index contributed by atoms with van der Waals surface area (Å²) < 4.78 is 13.0. The monoisotopic (exact) mass is 394 g/mol. The zero-order valence-corrected chi connectivity index (χ0v) is 16.9. The summed E-state index contributed by atoms with van der Waals surface area (Å²) in [5, 5.41) is 12.8. The van der Waals surface area contributed by atoms with Crippen LogP contribution in [0.5, 0.6) is 0 Å². The van der Waals surface area contributed by atoms with E-state index in [1.54, 1.807) is 32.0 Å². The number of hydrogen-bond acceptors (Lipinski definition) is 3. The molecule has 4 nitrogen and oxygen atoms in total. The van der Waals surface area contributed by atoms with Crippen LogP contribution in [0, 0.1) is 17.7 Å². The Kier molecular flexibility index (Phi) is 6.68. The molecule has 3 rings (SSSR count). The van der Waals surface area contributed by atoms with Gasteiger partial charge >= 0.3 is 0 Å². The lowest BCUT2D eigenvalue weighted by atomic mass is 10.0. The van der Waals surface area contributed by atoms with E-state index >= 15 is 0 Å². The van der Waals surface area contributed by atoms with Crippen LogP contribution in [0.25, 0.3) is 0 Å². The molecule has 152 valence electrons. The second-order valence-corrected chi connectivity index (χ2v) is 8.04. The predicted octanol–water partition coefficient (Wildman–Crippen LogP) is 3.34. The minimum Gasteiger partial charge on any atom is -0.378 e. The molecule has 1 aliphatic heterocycles. The van der Waals surface area contributed by atoms with Crippen LogP contribution in [0.15, 0.2) is 48.5 Å². The summed E-state index contributed by atoms with van der Waals surface area (Å²) in [6, 6.07) is 13.9. The Hall–Kier alpha value is -2.68. The molecule has 0 radical (unpaired) electrons. The maximum Gasteiger partial charge on any atom is 0.251 e. The molecule has 0 unspecified atom stereocenters. The van der Waals surface area contributed by atoms with Crippen molar-refractivity contribution in [3.8, 4) is 11.8 Å². The van der Waals surface area contributed by atoms with E-state index in [1.807, 2.05) is 18.2 Å². The molecule has 1 amide bonds. The van der Waals surface area contributed by atoms with Crippen molar-refractivity contribution < 1.29 is 14.3 Å². The number of carbonyl (C=O) groups excluding carboxylic acids is 1. The molecule has 0 atom stereocenters. The Labute approximate surface area is 171 Å². The Morgan fingerprint density at radius 1 is 1.21 bits per heavy atom. The molecule has 1 saturated heterocycles. The molecule has 0 saturated carbocycles. The number of amides is 1. The fourth-order valence-electron chi connectivity index (χ4n) is 3.32. The largest absolute Gasteiger partial charge is 0.378 e. The molecule has 0 spiro atoms. The number of rotatable bonds is 4. The zero-order valence-electron chi connectivity index (χ0n) is 16.9. The van der Waals surface area contributed by atoms with Crippen molar-refractivity contribution in [3.05, 3.63) is 71.0 Å². The van der Waals surface area contributed by atoms with Gasteiger partial charge in [-0.15, -0.1) is 0 Å². The molecular formula is C24H27FN2O2. The minimum absolute atomic E-state index is 0.103. The smallest absolute Gasteiger partial charge is 0.251 e. The molecule has 5 heteroatoms. The highest BCUT2D eigenvalue weighted by Crippen LogP contribution is 2.15. The molecule has 2 aromatic carbocycles. The van der Waals surface area contributed by atoms with Gasteiger partial charge in [-0.25, -0.2) is 4.39 Å². The van der Waals surface area contributed by atoms with Gasteiger partial charge in [-0.05, 0) is 62.6 Å². The van der Waals surface area contributed by atoms with Crippen molar-refractivity contribution in [2.45, 2.75) is 44.9 Å². The summed E-state index contributed by atoms with van der Waals surface area (Å²) in [5.41, 5.74) is 1.30. The van der Waals surface area contributed by atoms with Crippen LogP contribution < -0.4 is 5.32 Å². The molecular weight excluding hydrogens is 367 g/mol. The topological polar surface area (TPSA) is 52.6 Å². The second-order valence-electron chi connectivity index (χ2n) is 8.04. The van der Waals surface area contributed by atoms with Crippen LogP contribution >= 0.6 is 0 Å². The van der Waals surface area contributed by atoms with E-state index in [-0.39, 0.29) is 17.8 Å². The minimum atomic E-state index is -1.07. The van der Waals surface area contributed by atoms with Gasteiger partial charge in [-0.3, -0.25) is 9.69 Å². The van der Waals surface area contributed by atoms with E-state index in [1.165, 1.54) is 12.1 Å². The average Bonchev–Trinajstić information content (AvgIpc) is 2.69. The van der Waals surface area contributed by atoms with Gasteiger partial charge in [0, 0.05) is 36.8 Å². The number of carbonyl (C=O) groups is 1. The zero-order chi connectivity index (χ0) is 20.9. The van der Waals surface area contributed by atoms with Crippen LogP contribution in [0.1, 0.15) is 48.2 Å². The summed E-state index contributed by atoms with van der Waals surface area (Å²) >= 11 is 0. The number of hydrogen-bond donors (Lipinski definition) is 2. The lowest BCUT2D eigenvalue weighted by Gasteiger charge is -2.32. The molecule has 29 heavy (non-hydrogen) atoms. The fourth-order valence-corrected chi connectivity index (χ4v) is 3.32. The van der Waals surface area contributed by atoms with Crippen LogP contribution in [0.3, 0.4) is 0 Å². The number of benzene rings is 2. The summed E-state index contributed by atoms with van der Waals surface area (Å²) in [6.45, 7) is 5.82. The molecule has 0 bridgehead atoms. The van der Waals surface area contributed by atoms with E-state index in [0.717, 1.165) is 38.0 Å². The molecule has 1 fully saturated rings. The molecule has 1 aliphatic rings. The lowest BCUT2D eigenvalue weighted by molar-refractivity contribution is 0.0909. The maximum absolute atomic E-state index is 13.0. The first-order valence-corrected chi connectivity index (χ1v) is 9.92. The summed E-state index contributed by atoms with van der Waals surface area (Å²) in [6.07, 6.45) is 1.76. The number of halogens is 1. The van der Waals surface area contributed by atoms with Gasteiger partial charge in [-0.1, -0.05) is 30.0 Å². The van der Waals surface area contributed by atoms with Crippen LogP contribution in [-0.2, 0) is 6.54 Å². The molecule has 0 aliphatic carbocycles. The highest BCUT2D eigenvalue weighted by atomic mass is 19.1. The third-order valence-electron chi connectivity index (χ3n) is 4.88. The Morgan fingerprint density at radius 2 is 1.90 bits per heavy atom. The van der Waals surface area contributed by atoms with Gasteiger partial charge in [-0.2, -0.15) is 0 Å². The first-order chi connectivity index (χ1) is 13.8. The first kappa shape index (κ1) is 21.0. The van der Waals surface area contributed by atoms with Gasteiger partial charge in [0.1, 0.15) is 11.4 Å². The van der Waals surface area contributed by atoms with Crippen molar-refractivity contribution in [3.63, 3.8) is 0 Å². The lowest BCUT2D eigenvalue weighted by Crippen LogP contribution is -2.44. The van der Waals surface area contributed by atoms with Crippen molar-refractivity contribution in [2.24, 2.45) is 0 Å². The number of aliphatic hydroxyl groups is 1. The maximum atomic E-state index is 13.0. The SMILES string of the molecule is CC(C)(O)C#Cc1cccc(C(=O)NC2CCN(Cc3ccc(F)cc3)CC2)c1. The van der Waals surface area contributed by atoms with Crippen LogP contribution in [0.2, 0.25) is 0 Å². The average molecular weight is 394 g/mol. The second kappa shape index (κ2) is 9.21. The third-order valence-corrected chi connectivity index (χ3v) is 4.88. The summed E-state index contributed by atoms with van der Waals surface area (Å²) in [4.78, 5) is 14.9. The number of likely N-dealkylation sites (tertiary alicyclic amines) is 1. The van der Waals surface area contributed by atoms with Crippen molar-refractivity contribution >= 4 is 5.91 Å². The van der Waals surface area contributed by atoms with E-state index in [9.17, 15) is 14.3 Å². The molecule has 2 N–H and O–H groups in total. The van der Waals surface area contributed by atoms with Gasteiger partial charge in [0.25, 0.3) is 5.91 Å². The highest BCUT2D eigenvalue weighted by Gasteiger charge is 2.21. The number of piperidine rings is 1. The van der Waals surface area contributed by atoms with Crippen molar-refractivity contribution in [1.29, 1.82) is 0 Å². The standard InChI is InChI=1S/C24H27FN2O2/c1-24(2,29)13-10-18-4-3-5-20(16-18)23(28)26-22-11-14-27(15-12-22)17-19-6-8-21(25)9-7-19/h3-9,16,22,29H,11-12,14-15,17H2,1-2H3,(H,26,28). The Bertz CT molecular complexity index is 899. The van der Waals surface area contributed by atoms with E-state index in [0.29, 0.717) is 11.1 Å². The third kappa shape index (κ3) is 6.70. The molecule has 1 heterocycles. The van der Waals surface area contributed by atoms with E-state index in [2.05, 4.69) is 22.1 Å². The van der Waals surface area contributed by atoms with E-state index in [4.69, 9.17) is 0 Å². The quantitative estimate of drug-likeness (QED) is 0.782. The van der Waals surface area contributed by atoms with Gasteiger partial charge in [0.2, 0.25) is 0 Å². The number of nitrogens with zero attached hydrogens (tertiary/aromatic N) is 1. The van der Waals surface area contributed by atoms with Gasteiger partial charge < -0.3 is 10.4 Å². The Balaban J connectivity index is 1.52. The fraction of sp³-hybridized carbons (Fsp3) is 0.375. The van der Waals surface area contributed by atoms with Crippen molar-refractivity contribution in [2.75, 3.05) is 13.1 Å². The van der Waals surface area contributed by atoms with Crippen molar-refractivity contribution in [1.82, 2.24) is 10.2 Å². The van der Waals surface area contributed by atoms with E-state index < -0.39 is 5.60 Å². The number of nitrogens with one attached hydrogen (secondary N) is 1. The predicted molar refractivity (Wildman–Crippen MR) is 112 cm³/mol. The highest BCUT2D eigenvalue weighted by molar-refractivity contribution is 5.94. The van der Waals surface area contributed by atoms with Crippen LogP contribution in [0.4, 0.5) is 4.39 Å². The van der Waals surface area contributed by atoms with Gasteiger partial charge in [0.05, 0.1) is 0 Å². The van der Waals surface area contributed by atoms with Crippen LogP contribution in [-0.4, -0.2) is 40.6 Å². The summed E-state index contributed by atoms with van der Waals surface area (Å²) in [7, 11) is 0. The molecule has 2 aromatic rings. The van der Waals surface area contributed by atoms with Gasteiger partial charge in [0.15, 0.2) is 0 Å². The Morgan fingerprint density at radius 3 is 2.55 bits per heavy atom. The first-order valence-electron chi connectivity index (χ1n) is 9.92. The molecule has 0 aromatic heterocycles. The normalized spacial score (nSPS) is 15.4.